The summed E-state index contributed by atoms with van der Waals surface area (Å²) in [7, 11) is 0. The van der Waals surface area contributed by atoms with Crippen LogP contribution in [0.5, 0.6) is 5.75 Å². The monoisotopic (exact) mass is 460 g/mol. The summed E-state index contributed by atoms with van der Waals surface area (Å²) in [6.45, 7) is 5.29. The Bertz CT molecular complexity index is 981. The lowest BCUT2D eigenvalue weighted by molar-refractivity contribution is 0.233. The highest BCUT2D eigenvalue weighted by Gasteiger charge is 2.08. The van der Waals surface area contributed by atoms with Crippen LogP contribution < -0.4 is 4.74 Å². The number of hydrogen-bond acceptors (Lipinski definition) is 1. The molecular formula is C28H29BrO. The molecule has 3 aromatic carbocycles. The SMILES string of the molecule is C#Cc1ccc(Br)cc1-c1ccc(-c2ccc(OCC(CC)CCCC)cc2)cc1. The molecule has 0 fully saturated rings. The minimum absolute atomic E-state index is 0.642. The van der Waals surface area contributed by atoms with Crippen LogP contribution in [0.2, 0.25) is 0 Å². The average molecular weight is 461 g/mol. The van der Waals surface area contributed by atoms with Crippen LogP contribution in [0.4, 0.5) is 0 Å². The summed E-state index contributed by atoms with van der Waals surface area (Å²) < 4.78 is 7.06. The van der Waals surface area contributed by atoms with Crippen molar-refractivity contribution in [2.45, 2.75) is 39.5 Å². The van der Waals surface area contributed by atoms with Crippen LogP contribution in [0.25, 0.3) is 22.3 Å². The van der Waals surface area contributed by atoms with Crippen molar-refractivity contribution in [2.24, 2.45) is 5.92 Å². The van der Waals surface area contributed by atoms with E-state index in [1.165, 1.54) is 36.8 Å². The fraction of sp³-hybridized carbons (Fsp3) is 0.286. The fourth-order valence-corrected chi connectivity index (χ4v) is 3.94. The summed E-state index contributed by atoms with van der Waals surface area (Å²) in [5.74, 6) is 4.36. The lowest BCUT2D eigenvalue weighted by atomic mass is 9.97. The molecule has 154 valence electrons. The van der Waals surface area contributed by atoms with E-state index in [0.717, 1.165) is 33.5 Å². The Kier molecular flexibility index (Phi) is 8.17. The highest BCUT2D eigenvalue weighted by atomic mass is 79.9. The smallest absolute Gasteiger partial charge is 0.119 e. The van der Waals surface area contributed by atoms with Crippen LogP contribution in [0.1, 0.15) is 45.1 Å². The third-order valence-corrected chi connectivity index (χ3v) is 6.04. The van der Waals surface area contributed by atoms with E-state index in [9.17, 15) is 0 Å². The Morgan fingerprint density at radius 3 is 2.13 bits per heavy atom. The molecule has 0 N–H and O–H groups in total. The second-order valence-corrected chi connectivity index (χ2v) is 8.58. The maximum absolute atomic E-state index is 6.04. The van der Waals surface area contributed by atoms with Gasteiger partial charge in [-0.3, -0.25) is 0 Å². The van der Waals surface area contributed by atoms with E-state index in [-0.39, 0.29) is 0 Å². The number of halogens is 1. The maximum Gasteiger partial charge on any atom is 0.119 e. The van der Waals surface area contributed by atoms with Gasteiger partial charge in [-0.05, 0) is 64.9 Å². The molecule has 1 nitrogen and oxygen atoms in total. The van der Waals surface area contributed by atoms with Crippen molar-refractivity contribution in [2.75, 3.05) is 6.61 Å². The average Bonchev–Trinajstić information content (AvgIpc) is 2.80. The molecule has 0 aliphatic carbocycles. The molecule has 0 saturated heterocycles. The van der Waals surface area contributed by atoms with Gasteiger partial charge in [0.1, 0.15) is 5.75 Å². The highest BCUT2D eigenvalue weighted by Crippen LogP contribution is 2.30. The third-order valence-electron chi connectivity index (χ3n) is 5.55. The molecule has 30 heavy (non-hydrogen) atoms. The van der Waals surface area contributed by atoms with Crippen LogP contribution in [0.3, 0.4) is 0 Å². The molecule has 0 aliphatic heterocycles. The predicted molar refractivity (Wildman–Crippen MR) is 132 cm³/mol. The van der Waals surface area contributed by atoms with Crippen molar-refractivity contribution >= 4 is 15.9 Å². The number of unbranched alkanes of at least 4 members (excludes halogenated alkanes) is 1. The quantitative estimate of drug-likeness (QED) is 0.291. The first-order valence-electron chi connectivity index (χ1n) is 10.7. The zero-order valence-corrected chi connectivity index (χ0v) is 19.4. The van der Waals surface area contributed by atoms with Gasteiger partial charge in [0.25, 0.3) is 0 Å². The minimum atomic E-state index is 0.642. The Hall–Kier alpha value is -2.50. The standard InChI is InChI=1S/C28H29BrO/c1-4-7-8-21(5-2)20-30-27-17-14-24(15-18-27)23-9-11-25(12-10-23)28-19-26(29)16-13-22(28)6-3/h3,9-19,21H,4-5,7-8,20H2,1-2H3. The molecule has 0 aliphatic rings. The minimum Gasteiger partial charge on any atom is -0.493 e. The van der Waals surface area contributed by atoms with Gasteiger partial charge < -0.3 is 4.74 Å². The first-order chi connectivity index (χ1) is 14.6. The van der Waals surface area contributed by atoms with E-state index in [4.69, 9.17) is 11.2 Å². The molecule has 3 rings (SSSR count). The Balaban J connectivity index is 1.69. The van der Waals surface area contributed by atoms with E-state index < -0.39 is 0 Å². The Morgan fingerprint density at radius 1 is 0.900 bits per heavy atom. The van der Waals surface area contributed by atoms with Gasteiger partial charge in [-0.25, -0.2) is 0 Å². The van der Waals surface area contributed by atoms with Gasteiger partial charge in [0.05, 0.1) is 6.61 Å². The zero-order chi connectivity index (χ0) is 21.3. The van der Waals surface area contributed by atoms with Crippen molar-refractivity contribution in [1.82, 2.24) is 0 Å². The summed E-state index contributed by atoms with van der Waals surface area (Å²) >= 11 is 3.54. The first kappa shape index (κ1) is 22.2. The number of terminal acetylenes is 1. The number of rotatable bonds is 9. The summed E-state index contributed by atoms with van der Waals surface area (Å²) in [6.07, 6.45) is 10.6. The maximum atomic E-state index is 6.04. The first-order valence-corrected chi connectivity index (χ1v) is 11.5. The van der Waals surface area contributed by atoms with Crippen molar-refractivity contribution < 1.29 is 4.74 Å². The van der Waals surface area contributed by atoms with Crippen molar-refractivity contribution in [3.63, 3.8) is 0 Å². The summed E-state index contributed by atoms with van der Waals surface area (Å²) in [6, 6.07) is 23.0. The molecule has 0 heterocycles. The van der Waals surface area contributed by atoms with Crippen LogP contribution in [-0.2, 0) is 0 Å². The van der Waals surface area contributed by atoms with Gasteiger partial charge in [-0.1, -0.05) is 91.4 Å². The van der Waals surface area contributed by atoms with Gasteiger partial charge in [0.15, 0.2) is 0 Å². The lowest BCUT2D eigenvalue weighted by Gasteiger charge is -2.15. The van der Waals surface area contributed by atoms with Crippen LogP contribution >= 0.6 is 15.9 Å². The summed E-state index contributed by atoms with van der Waals surface area (Å²) in [5, 5.41) is 0. The van der Waals surface area contributed by atoms with E-state index in [2.05, 4.69) is 90.3 Å². The van der Waals surface area contributed by atoms with Crippen LogP contribution in [0, 0.1) is 18.3 Å². The molecule has 1 atom stereocenters. The van der Waals surface area contributed by atoms with E-state index in [1.807, 2.05) is 12.1 Å². The number of ether oxygens (including phenoxy) is 1. The van der Waals surface area contributed by atoms with Crippen LogP contribution in [0.15, 0.2) is 71.2 Å². The predicted octanol–water partition coefficient (Wildman–Crippen LogP) is 8.36. The molecule has 0 saturated carbocycles. The van der Waals surface area contributed by atoms with Gasteiger partial charge in [0.2, 0.25) is 0 Å². The molecule has 0 aromatic heterocycles. The largest absolute Gasteiger partial charge is 0.493 e. The molecule has 0 bridgehead atoms. The van der Waals surface area contributed by atoms with Crippen molar-refractivity contribution in [1.29, 1.82) is 0 Å². The normalized spacial score (nSPS) is 11.7. The van der Waals surface area contributed by atoms with Crippen molar-refractivity contribution in [3.05, 3.63) is 76.8 Å². The van der Waals surface area contributed by atoms with Crippen LogP contribution in [-0.4, -0.2) is 6.61 Å². The lowest BCUT2D eigenvalue weighted by Crippen LogP contribution is -2.11. The Labute approximate surface area is 189 Å². The highest BCUT2D eigenvalue weighted by molar-refractivity contribution is 9.10. The second kappa shape index (κ2) is 11.0. The fourth-order valence-electron chi connectivity index (χ4n) is 3.58. The molecule has 0 radical (unpaired) electrons. The topological polar surface area (TPSA) is 9.23 Å². The molecule has 0 amide bonds. The molecule has 1 unspecified atom stereocenters. The van der Waals surface area contributed by atoms with E-state index in [1.54, 1.807) is 0 Å². The number of hydrogen-bond donors (Lipinski definition) is 0. The summed E-state index contributed by atoms with van der Waals surface area (Å²) in [5.41, 5.74) is 5.44. The molecule has 0 spiro atoms. The van der Waals surface area contributed by atoms with Gasteiger partial charge in [-0.2, -0.15) is 0 Å². The number of benzene rings is 3. The third kappa shape index (κ3) is 5.77. The Morgan fingerprint density at radius 2 is 1.53 bits per heavy atom. The van der Waals surface area contributed by atoms with E-state index >= 15 is 0 Å². The van der Waals surface area contributed by atoms with Crippen molar-refractivity contribution in [3.8, 4) is 40.3 Å². The van der Waals surface area contributed by atoms with Gasteiger partial charge in [0, 0.05) is 10.0 Å². The second-order valence-electron chi connectivity index (χ2n) is 7.66. The molecular weight excluding hydrogens is 432 g/mol. The zero-order valence-electron chi connectivity index (χ0n) is 17.8. The van der Waals surface area contributed by atoms with E-state index in [0.29, 0.717) is 5.92 Å². The molecule has 2 heteroatoms. The molecule has 3 aromatic rings. The van der Waals surface area contributed by atoms with Gasteiger partial charge in [-0.15, -0.1) is 6.42 Å². The van der Waals surface area contributed by atoms with Gasteiger partial charge >= 0.3 is 0 Å². The summed E-state index contributed by atoms with van der Waals surface area (Å²) in [4.78, 5) is 0.